The van der Waals surface area contributed by atoms with Gasteiger partial charge < -0.3 is 9.32 Å². The number of fused-ring (bicyclic) bond motifs is 3. The van der Waals surface area contributed by atoms with Crippen LogP contribution >= 0.6 is 0 Å². The van der Waals surface area contributed by atoms with Gasteiger partial charge in [0.1, 0.15) is 17.4 Å². The maximum absolute atomic E-state index is 12.0. The molecule has 3 aromatic rings. The van der Waals surface area contributed by atoms with Crippen molar-refractivity contribution in [3.8, 4) is 0 Å². The smallest absolute Gasteiger partial charge is 0.213 e. The second-order valence-corrected chi connectivity index (χ2v) is 8.02. The van der Waals surface area contributed by atoms with Crippen LogP contribution < -0.4 is 4.90 Å². The van der Waals surface area contributed by atoms with Crippen LogP contribution in [0.5, 0.6) is 0 Å². The standard InChI is InChI=1S/C16H18N4O3S/c1-2-24(21,22)20-9-7-19(8-10-20)16-15-14(17-11-18-16)12-5-3-4-6-13(12)23-15/h3-6,11H,2,7-10H2,1H3. The van der Waals surface area contributed by atoms with Crippen molar-refractivity contribution in [1.29, 1.82) is 0 Å². The molecule has 7 nitrogen and oxygen atoms in total. The minimum Gasteiger partial charge on any atom is -0.450 e. The van der Waals surface area contributed by atoms with E-state index in [9.17, 15) is 8.42 Å². The van der Waals surface area contributed by atoms with Gasteiger partial charge in [0.2, 0.25) is 10.0 Å². The molecule has 0 aliphatic carbocycles. The van der Waals surface area contributed by atoms with Gasteiger partial charge in [0.15, 0.2) is 11.4 Å². The zero-order chi connectivity index (χ0) is 16.7. The third-order valence-electron chi connectivity index (χ3n) is 4.44. The Kier molecular flexibility index (Phi) is 3.65. The van der Waals surface area contributed by atoms with Gasteiger partial charge in [-0.3, -0.25) is 0 Å². The fourth-order valence-corrected chi connectivity index (χ4v) is 4.18. The summed E-state index contributed by atoms with van der Waals surface area (Å²) in [5.41, 5.74) is 2.23. The molecule has 0 bridgehead atoms. The molecule has 1 aliphatic heterocycles. The molecule has 0 spiro atoms. The monoisotopic (exact) mass is 346 g/mol. The van der Waals surface area contributed by atoms with Crippen molar-refractivity contribution in [2.45, 2.75) is 6.92 Å². The molecule has 1 aromatic carbocycles. The van der Waals surface area contributed by atoms with Gasteiger partial charge in [0, 0.05) is 31.6 Å². The number of rotatable bonds is 3. The fourth-order valence-electron chi connectivity index (χ4n) is 3.10. The predicted molar refractivity (Wildman–Crippen MR) is 92.6 cm³/mol. The van der Waals surface area contributed by atoms with Gasteiger partial charge in [0.25, 0.3) is 0 Å². The first-order valence-electron chi connectivity index (χ1n) is 7.95. The van der Waals surface area contributed by atoms with Crippen molar-refractivity contribution in [1.82, 2.24) is 14.3 Å². The maximum atomic E-state index is 12.0. The molecule has 24 heavy (non-hydrogen) atoms. The van der Waals surface area contributed by atoms with Gasteiger partial charge in [-0.1, -0.05) is 12.1 Å². The normalized spacial score (nSPS) is 17.0. The highest BCUT2D eigenvalue weighted by Crippen LogP contribution is 2.32. The van der Waals surface area contributed by atoms with Crippen molar-refractivity contribution >= 4 is 37.9 Å². The lowest BCUT2D eigenvalue weighted by Gasteiger charge is -2.34. The van der Waals surface area contributed by atoms with Crippen molar-refractivity contribution in [2.24, 2.45) is 0 Å². The summed E-state index contributed by atoms with van der Waals surface area (Å²) in [5.74, 6) is 0.860. The van der Waals surface area contributed by atoms with E-state index >= 15 is 0 Å². The van der Waals surface area contributed by atoms with E-state index in [-0.39, 0.29) is 5.75 Å². The highest BCUT2D eigenvalue weighted by Gasteiger charge is 2.27. The van der Waals surface area contributed by atoms with Crippen LogP contribution in [0.3, 0.4) is 0 Å². The fraction of sp³-hybridized carbons (Fsp3) is 0.375. The molecule has 0 saturated carbocycles. The maximum Gasteiger partial charge on any atom is 0.213 e. The van der Waals surface area contributed by atoms with E-state index in [0.717, 1.165) is 22.3 Å². The molecule has 1 aliphatic rings. The van der Waals surface area contributed by atoms with Crippen LogP contribution in [0.25, 0.3) is 22.1 Å². The number of furan rings is 1. The molecule has 0 radical (unpaired) electrons. The summed E-state index contributed by atoms with van der Waals surface area (Å²) in [4.78, 5) is 10.8. The lowest BCUT2D eigenvalue weighted by Crippen LogP contribution is -2.49. The van der Waals surface area contributed by atoms with Crippen LogP contribution in [0.4, 0.5) is 5.82 Å². The zero-order valence-corrected chi connectivity index (χ0v) is 14.2. The Morgan fingerprint density at radius 3 is 2.62 bits per heavy atom. The number of piperazine rings is 1. The van der Waals surface area contributed by atoms with Crippen LogP contribution in [0.15, 0.2) is 35.0 Å². The lowest BCUT2D eigenvalue weighted by atomic mass is 10.2. The number of benzene rings is 1. The van der Waals surface area contributed by atoms with Crippen molar-refractivity contribution in [2.75, 3.05) is 36.8 Å². The summed E-state index contributed by atoms with van der Waals surface area (Å²) < 4.78 is 31.5. The molecular weight excluding hydrogens is 328 g/mol. The Morgan fingerprint density at radius 2 is 1.88 bits per heavy atom. The summed E-state index contributed by atoms with van der Waals surface area (Å²) in [6, 6.07) is 7.76. The molecule has 8 heteroatoms. The summed E-state index contributed by atoms with van der Waals surface area (Å²) in [5, 5.41) is 0.961. The Bertz CT molecular complexity index is 991. The predicted octanol–water partition coefficient (Wildman–Crippen LogP) is 1.85. The second kappa shape index (κ2) is 5.71. The molecule has 4 rings (SSSR count). The lowest BCUT2D eigenvalue weighted by molar-refractivity contribution is 0.384. The number of aromatic nitrogens is 2. The van der Waals surface area contributed by atoms with E-state index in [2.05, 4.69) is 14.9 Å². The molecule has 2 aromatic heterocycles. The van der Waals surface area contributed by atoms with Crippen LogP contribution in [-0.4, -0.2) is 54.6 Å². The highest BCUT2D eigenvalue weighted by molar-refractivity contribution is 7.89. The number of sulfonamides is 1. The topological polar surface area (TPSA) is 79.5 Å². The summed E-state index contributed by atoms with van der Waals surface area (Å²) in [7, 11) is -3.14. The SMILES string of the molecule is CCS(=O)(=O)N1CCN(c2ncnc3c2oc2ccccc23)CC1. The second-order valence-electron chi connectivity index (χ2n) is 5.76. The first-order chi connectivity index (χ1) is 11.6. The van der Waals surface area contributed by atoms with E-state index in [1.165, 1.54) is 6.33 Å². The average Bonchev–Trinajstić information content (AvgIpc) is 3.00. The van der Waals surface area contributed by atoms with Gasteiger partial charge in [-0.25, -0.2) is 18.4 Å². The van der Waals surface area contributed by atoms with Crippen LogP contribution in [0.2, 0.25) is 0 Å². The summed E-state index contributed by atoms with van der Waals surface area (Å²) in [6.07, 6.45) is 1.54. The minimum absolute atomic E-state index is 0.133. The van der Waals surface area contributed by atoms with Crippen LogP contribution in [0.1, 0.15) is 6.92 Å². The van der Waals surface area contributed by atoms with Gasteiger partial charge >= 0.3 is 0 Å². The van der Waals surface area contributed by atoms with Gasteiger partial charge in [-0.05, 0) is 19.1 Å². The minimum atomic E-state index is -3.14. The first kappa shape index (κ1) is 15.3. The van der Waals surface area contributed by atoms with E-state index in [0.29, 0.717) is 31.8 Å². The molecule has 0 unspecified atom stereocenters. The van der Waals surface area contributed by atoms with Crippen molar-refractivity contribution < 1.29 is 12.8 Å². The Morgan fingerprint density at radius 1 is 1.12 bits per heavy atom. The molecular formula is C16H18N4O3S. The molecule has 126 valence electrons. The van der Waals surface area contributed by atoms with Crippen LogP contribution in [-0.2, 0) is 10.0 Å². The molecule has 1 fully saturated rings. The van der Waals surface area contributed by atoms with Crippen LogP contribution in [0, 0.1) is 0 Å². The number of nitrogens with zero attached hydrogens (tertiary/aromatic N) is 4. The average molecular weight is 346 g/mol. The summed E-state index contributed by atoms with van der Waals surface area (Å²) in [6.45, 7) is 3.76. The van der Waals surface area contributed by atoms with E-state index in [4.69, 9.17) is 4.42 Å². The molecule has 0 atom stereocenters. The highest BCUT2D eigenvalue weighted by atomic mass is 32.2. The molecule has 0 amide bonds. The molecule has 0 N–H and O–H groups in total. The zero-order valence-electron chi connectivity index (χ0n) is 13.3. The van der Waals surface area contributed by atoms with E-state index < -0.39 is 10.0 Å². The third-order valence-corrected chi connectivity index (χ3v) is 6.32. The number of hydrogen-bond acceptors (Lipinski definition) is 6. The van der Waals surface area contributed by atoms with Gasteiger partial charge in [0.05, 0.1) is 5.75 Å². The number of hydrogen-bond donors (Lipinski definition) is 0. The Hall–Kier alpha value is -2.19. The van der Waals surface area contributed by atoms with Crippen molar-refractivity contribution in [3.63, 3.8) is 0 Å². The quantitative estimate of drug-likeness (QED) is 0.720. The third kappa shape index (κ3) is 2.42. The van der Waals surface area contributed by atoms with Gasteiger partial charge in [-0.15, -0.1) is 0 Å². The summed E-state index contributed by atoms with van der Waals surface area (Å²) >= 11 is 0. The Balaban J connectivity index is 1.68. The largest absolute Gasteiger partial charge is 0.450 e. The Labute approximate surface area is 139 Å². The van der Waals surface area contributed by atoms with Gasteiger partial charge in [-0.2, -0.15) is 4.31 Å². The number of anilines is 1. The van der Waals surface area contributed by atoms with Crippen molar-refractivity contribution in [3.05, 3.63) is 30.6 Å². The number of para-hydroxylation sites is 1. The molecule has 1 saturated heterocycles. The molecule has 3 heterocycles. The first-order valence-corrected chi connectivity index (χ1v) is 9.56. The van der Waals surface area contributed by atoms with E-state index in [1.807, 2.05) is 24.3 Å². The van der Waals surface area contributed by atoms with E-state index in [1.54, 1.807) is 11.2 Å².